The number of hydrogen-bond donors (Lipinski definition) is 2. The third-order valence-corrected chi connectivity index (χ3v) is 8.48. The van der Waals surface area contributed by atoms with Gasteiger partial charge in [0.15, 0.2) is 5.69 Å². The second-order valence-electron chi connectivity index (χ2n) is 9.87. The quantitative estimate of drug-likeness (QED) is 0.184. The van der Waals surface area contributed by atoms with Gasteiger partial charge in [-0.2, -0.15) is 9.78 Å². The Balaban J connectivity index is 1.84. The highest BCUT2D eigenvalue weighted by atomic mass is 32.2. The highest BCUT2D eigenvalue weighted by molar-refractivity contribution is 7.89. The first-order valence-corrected chi connectivity index (χ1v) is 14.7. The lowest BCUT2D eigenvalue weighted by Crippen LogP contribution is -2.32. The van der Waals surface area contributed by atoms with Gasteiger partial charge < -0.3 is 10.1 Å². The van der Waals surface area contributed by atoms with Gasteiger partial charge in [0.05, 0.1) is 10.6 Å². The van der Waals surface area contributed by atoms with Crippen LogP contribution in [0.2, 0.25) is 0 Å². The summed E-state index contributed by atoms with van der Waals surface area (Å²) in [6.45, 7) is 9.17. The van der Waals surface area contributed by atoms with Gasteiger partial charge in [-0.05, 0) is 69.0 Å². The zero-order chi connectivity index (χ0) is 30.6. The van der Waals surface area contributed by atoms with Crippen LogP contribution in [0.5, 0.6) is 11.6 Å². The van der Waals surface area contributed by atoms with Crippen molar-refractivity contribution in [1.29, 1.82) is 0 Å². The van der Waals surface area contributed by atoms with Crippen molar-refractivity contribution >= 4 is 21.6 Å². The highest BCUT2D eigenvalue weighted by Gasteiger charge is 2.29. The van der Waals surface area contributed by atoms with Gasteiger partial charge in [0.1, 0.15) is 10.6 Å². The zero-order valence-electron chi connectivity index (χ0n) is 23.9. The molecule has 13 heteroatoms. The standard InChI is InChI=1S/C29H32N6O6S/c1-6-19(3)33-42(39,40)26-15-23(35(37)38)12-13-25(26)41-29-21(5)27(28(36)31-17-22-10-8-14-30-16-22)32-34(29)24-11-7-9-18(2)20(24)4/h7-16,19,33H,6,17H2,1-5H3,(H,31,36)/t19-/m0/s1. The van der Waals surface area contributed by atoms with Gasteiger partial charge in [0, 0.05) is 42.7 Å². The van der Waals surface area contributed by atoms with Crippen molar-refractivity contribution in [1.82, 2.24) is 24.8 Å². The summed E-state index contributed by atoms with van der Waals surface area (Å²) in [7, 11) is -4.23. The molecule has 42 heavy (non-hydrogen) atoms. The first-order valence-electron chi connectivity index (χ1n) is 13.2. The van der Waals surface area contributed by atoms with Crippen molar-refractivity contribution in [2.45, 2.75) is 58.5 Å². The number of amides is 1. The average molecular weight is 593 g/mol. The van der Waals surface area contributed by atoms with E-state index in [-0.39, 0.29) is 23.9 Å². The summed E-state index contributed by atoms with van der Waals surface area (Å²) >= 11 is 0. The van der Waals surface area contributed by atoms with E-state index in [0.717, 1.165) is 28.8 Å². The molecule has 0 radical (unpaired) electrons. The van der Waals surface area contributed by atoms with Gasteiger partial charge in [0.25, 0.3) is 11.6 Å². The SMILES string of the molecule is CC[C@H](C)NS(=O)(=O)c1cc([N+](=O)[O-])ccc1Oc1c(C)c(C(=O)NCc2cccnc2)nn1-c1cccc(C)c1C. The first-order chi connectivity index (χ1) is 19.9. The topological polar surface area (TPSA) is 158 Å². The number of nitro benzene ring substituents is 1. The minimum atomic E-state index is -4.23. The largest absolute Gasteiger partial charge is 0.437 e. The van der Waals surface area contributed by atoms with Gasteiger partial charge in [-0.15, -0.1) is 0 Å². The Bertz CT molecular complexity index is 1740. The maximum absolute atomic E-state index is 13.4. The minimum absolute atomic E-state index is 0.0684. The molecule has 0 fully saturated rings. The van der Waals surface area contributed by atoms with Crippen LogP contribution in [-0.4, -0.2) is 40.1 Å². The molecule has 12 nitrogen and oxygen atoms in total. The van der Waals surface area contributed by atoms with E-state index in [1.54, 1.807) is 38.4 Å². The van der Waals surface area contributed by atoms with Gasteiger partial charge >= 0.3 is 0 Å². The number of rotatable bonds is 11. The van der Waals surface area contributed by atoms with Crippen LogP contribution < -0.4 is 14.8 Å². The molecule has 220 valence electrons. The second-order valence-corrected chi connectivity index (χ2v) is 11.6. The summed E-state index contributed by atoms with van der Waals surface area (Å²) < 4.78 is 36.9. The fraction of sp³-hybridized carbons (Fsp3) is 0.276. The van der Waals surface area contributed by atoms with E-state index in [0.29, 0.717) is 17.7 Å². The fourth-order valence-corrected chi connectivity index (χ4v) is 5.61. The van der Waals surface area contributed by atoms with E-state index < -0.39 is 37.5 Å². The smallest absolute Gasteiger partial charge is 0.272 e. The summed E-state index contributed by atoms with van der Waals surface area (Å²) in [6.07, 6.45) is 3.77. The summed E-state index contributed by atoms with van der Waals surface area (Å²) in [5, 5.41) is 18.9. The van der Waals surface area contributed by atoms with Crippen LogP contribution in [0.15, 0.2) is 65.8 Å². The fourth-order valence-electron chi connectivity index (χ4n) is 4.13. The molecule has 1 atom stereocenters. The summed E-state index contributed by atoms with van der Waals surface area (Å²) in [6, 6.07) is 12.1. The molecule has 0 saturated heterocycles. The number of carbonyl (C=O) groups is 1. The molecule has 0 saturated carbocycles. The number of carbonyl (C=O) groups excluding carboxylic acids is 1. The Hall–Kier alpha value is -4.62. The van der Waals surface area contributed by atoms with E-state index >= 15 is 0 Å². The average Bonchev–Trinajstić information content (AvgIpc) is 3.28. The molecule has 0 unspecified atom stereocenters. The number of aromatic nitrogens is 3. The molecule has 4 rings (SSSR count). The Kier molecular flexibility index (Phi) is 9.02. The number of ether oxygens (including phenoxy) is 1. The van der Waals surface area contributed by atoms with E-state index in [1.165, 1.54) is 10.7 Å². The Labute approximate surface area is 244 Å². The predicted molar refractivity (Wildman–Crippen MR) is 156 cm³/mol. The van der Waals surface area contributed by atoms with Crippen LogP contribution in [-0.2, 0) is 16.6 Å². The van der Waals surface area contributed by atoms with E-state index in [2.05, 4.69) is 20.1 Å². The number of pyridine rings is 1. The van der Waals surface area contributed by atoms with E-state index in [9.17, 15) is 23.3 Å². The normalized spacial score (nSPS) is 12.1. The van der Waals surface area contributed by atoms with Crippen molar-refractivity contribution in [3.05, 3.63) is 99.0 Å². The van der Waals surface area contributed by atoms with Gasteiger partial charge in [-0.3, -0.25) is 19.9 Å². The van der Waals surface area contributed by atoms with Gasteiger partial charge in [-0.1, -0.05) is 25.1 Å². The molecular formula is C29H32N6O6S. The van der Waals surface area contributed by atoms with Gasteiger partial charge in [0.2, 0.25) is 15.9 Å². The van der Waals surface area contributed by atoms with Crippen LogP contribution in [0.4, 0.5) is 5.69 Å². The Morgan fingerprint density at radius 1 is 1.12 bits per heavy atom. The Morgan fingerprint density at radius 3 is 2.55 bits per heavy atom. The number of sulfonamides is 1. The van der Waals surface area contributed by atoms with Crippen molar-refractivity contribution in [3.8, 4) is 17.3 Å². The van der Waals surface area contributed by atoms with Crippen LogP contribution in [0.1, 0.15) is 53.0 Å². The third-order valence-electron chi connectivity index (χ3n) is 6.87. The summed E-state index contributed by atoms with van der Waals surface area (Å²) in [4.78, 5) is 27.8. The molecule has 0 spiro atoms. The molecular weight excluding hydrogens is 560 g/mol. The molecule has 0 aliphatic heterocycles. The van der Waals surface area contributed by atoms with Crippen LogP contribution in [0.3, 0.4) is 0 Å². The third kappa shape index (κ3) is 6.47. The van der Waals surface area contributed by atoms with Crippen LogP contribution in [0.25, 0.3) is 5.69 Å². The van der Waals surface area contributed by atoms with Crippen molar-refractivity contribution in [2.75, 3.05) is 0 Å². The Morgan fingerprint density at radius 2 is 1.88 bits per heavy atom. The number of hydrogen-bond acceptors (Lipinski definition) is 8. The predicted octanol–water partition coefficient (Wildman–Crippen LogP) is 4.90. The summed E-state index contributed by atoms with van der Waals surface area (Å²) in [5.41, 5.74) is 3.23. The van der Waals surface area contributed by atoms with Crippen molar-refractivity contribution < 1.29 is 22.9 Å². The lowest BCUT2D eigenvalue weighted by atomic mass is 10.1. The molecule has 4 aromatic rings. The maximum Gasteiger partial charge on any atom is 0.272 e. The maximum atomic E-state index is 13.4. The highest BCUT2D eigenvalue weighted by Crippen LogP contribution is 2.36. The molecule has 2 aromatic carbocycles. The molecule has 2 N–H and O–H groups in total. The van der Waals surface area contributed by atoms with Crippen LogP contribution >= 0.6 is 0 Å². The lowest BCUT2D eigenvalue weighted by molar-refractivity contribution is -0.385. The zero-order valence-corrected chi connectivity index (χ0v) is 24.7. The van der Waals surface area contributed by atoms with Crippen LogP contribution in [0, 0.1) is 30.9 Å². The number of non-ortho nitro benzene ring substituents is 1. The second kappa shape index (κ2) is 12.5. The molecule has 0 aliphatic carbocycles. The number of nitrogens with zero attached hydrogens (tertiary/aromatic N) is 4. The molecule has 0 aliphatic rings. The number of nitro groups is 1. The number of nitrogens with one attached hydrogen (secondary N) is 2. The van der Waals surface area contributed by atoms with E-state index in [1.807, 2.05) is 39.0 Å². The van der Waals surface area contributed by atoms with Gasteiger partial charge in [-0.25, -0.2) is 13.1 Å². The monoisotopic (exact) mass is 592 g/mol. The summed E-state index contributed by atoms with van der Waals surface area (Å²) in [5.74, 6) is -0.544. The molecule has 2 aromatic heterocycles. The van der Waals surface area contributed by atoms with E-state index in [4.69, 9.17) is 4.74 Å². The first kappa shape index (κ1) is 30.3. The lowest BCUT2D eigenvalue weighted by Gasteiger charge is -2.17. The number of aryl methyl sites for hydroxylation is 1. The molecule has 1 amide bonds. The number of benzene rings is 2. The minimum Gasteiger partial charge on any atom is -0.437 e. The molecule has 2 heterocycles. The molecule has 0 bridgehead atoms. The van der Waals surface area contributed by atoms with Crippen molar-refractivity contribution in [3.63, 3.8) is 0 Å². The van der Waals surface area contributed by atoms with Crippen molar-refractivity contribution in [2.24, 2.45) is 0 Å².